The zero-order chi connectivity index (χ0) is 59.4. The van der Waals surface area contributed by atoms with Gasteiger partial charge in [0.1, 0.15) is 19.3 Å². The van der Waals surface area contributed by atoms with Crippen molar-refractivity contribution in [2.75, 3.05) is 39.6 Å². The number of hydrogen-bond acceptors (Lipinski definition) is 15. The first-order chi connectivity index (χ1) is 38.4. The molecule has 0 bridgehead atoms. The number of hydrogen-bond donors (Lipinski definition) is 3. The van der Waals surface area contributed by atoms with Crippen molar-refractivity contribution < 1.29 is 80.2 Å². The largest absolute Gasteiger partial charge is 0.472 e. The van der Waals surface area contributed by atoms with Gasteiger partial charge in [0.05, 0.1) is 26.4 Å². The predicted molar refractivity (Wildman–Crippen MR) is 317 cm³/mol. The van der Waals surface area contributed by atoms with Gasteiger partial charge in [0.15, 0.2) is 12.2 Å². The van der Waals surface area contributed by atoms with E-state index in [9.17, 15) is 43.2 Å². The van der Waals surface area contributed by atoms with E-state index in [2.05, 4.69) is 41.5 Å². The molecule has 17 nitrogen and oxygen atoms in total. The van der Waals surface area contributed by atoms with Crippen molar-refractivity contribution in [2.24, 2.45) is 11.8 Å². The molecule has 3 unspecified atom stereocenters. The summed E-state index contributed by atoms with van der Waals surface area (Å²) in [6.07, 6.45) is 34.9. The fraction of sp³-hybridized carbons (Fsp3) is 0.934. The molecule has 0 aliphatic carbocycles. The summed E-state index contributed by atoms with van der Waals surface area (Å²) in [6.45, 7) is 9.33. The Morgan fingerprint density at radius 2 is 0.637 bits per heavy atom. The first kappa shape index (κ1) is 78.1. The van der Waals surface area contributed by atoms with E-state index < -0.39 is 97.5 Å². The maximum atomic E-state index is 12.9. The number of rotatable bonds is 60. The van der Waals surface area contributed by atoms with Gasteiger partial charge in [-0.15, -0.1) is 0 Å². The van der Waals surface area contributed by atoms with Crippen molar-refractivity contribution in [1.29, 1.82) is 0 Å². The van der Waals surface area contributed by atoms with Crippen molar-refractivity contribution in [2.45, 2.75) is 317 Å². The van der Waals surface area contributed by atoms with Gasteiger partial charge in [-0.2, -0.15) is 0 Å². The summed E-state index contributed by atoms with van der Waals surface area (Å²) in [5, 5.41) is 10.5. The number of esters is 4. The maximum Gasteiger partial charge on any atom is 0.472 e. The van der Waals surface area contributed by atoms with Crippen LogP contribution in [0.2, 0.25) is 0 Å². The Morgan fingerprint density at radius 3 is 0.950 bits per heavy atom. The molecule has 0 spiro atoms. The van der Waals surface area contributed by atoms with Crippen LogP contribution in [0.1, 0.15) is 298 Å². The topological polar surface area (TPSA) is 237 Å². The molecule has 474 valence electrons. The van der Waals surface area contributed by atoms with E-state index >= 15 is 0 Å². The number of ether oxygens (including phenoxy) is 4. The zero-order valence-electron chi connectivity index (χ0n) is 51.4. The van der Waals surface area contributed by atoms with E-state index in [1.165, 1.54) is 103 Å². The molecule has 0 rings (SSSR count). The summed E-state index contributed by atoms with van der Waals surface area (Å²) in [5.41, 5.74) is 0. The second kappa shape index (κ2) is 53.8. The summed E-state index contributed by atoms with van der Waals surface area (Å²) in [5.74, 6) is -0.729. The zero-order valence-corrected chi connectivity index (χ0v) is 53.2. The Bertz CT molecular complexity index is 1580. The number of carbonyl (C=O) groups is 4. The molecule has 0 amide bonds. The molecule has 0 saturated carbocycles. The normalized spacial score (nSPS) is 14.7. The van der Waals surface area contributed by atoms with E-state index in [0.29, 0.717) is 31.6 Å². The second-order valence-corrected chi connectivity index (χ2v) is 25.7. The van der Waals surface area contributed by atoms with Crippen molar-refractivity contribution in [1.82, 2.24) is 0 Å². The average Bonchev–Trinajstić information content (AvgIpc) is 3.42. The first-order valence-corrected chi connectivity index (χ1v) is 35.0. The molecule has 0 saturated heterocycles. The molecule has 0 fully saturated rings. The van der Waals surface area contributed by atoms with E-state index in [1.807, 2.05) is 0 Å². The summed E-state index contributed by atoms with van der Waals surface area (Å²) in [6, 6.07) is 0. The Labute approximate surface area is 486 Å². The van der Waals surface area contributed by atoms with Gasteiger partial charge in [0, 0.05) is 25.7 Å². The molecule has 0 aromatic carbocycles. The van der Waals surface area contributed by atoms with Crippen LogP contribution in [-0.4, -0.2) is 96.7 Å². The minimum Gasteiger partial charge on any atom is -0.462 e. The fourth-order valence-electron chi connectivity index (χ4n) is 8.97. The van der Waals surface area contributed by atoms with Crippen LogP contribution in [0.15, 0.2) is 0 Å². The van der Waals surface area contributed by atoms with Crippen molar-refractivity contribution in [3.63, 3.8) is 0 Å². The van der Waals surface area contributed by atoms with Crippen LogP contribution < -0.4 is 0 Å². The number of aliphatic hydroxyl groups is 1. The highest BCUT2D eigenvalue weighted by Gasteiger charge is 2.30. The van der Waals surface area contributed by atoms with Gasteiger partial charge in [-0.05, 0) is 37.5 Å². The Morgan fingerprint density at radius 1 is 0.362 bits per heavy atom. The van der Waals surface area contributed by atoms with Gasteiger partial charge in [0.2, 0.25) is 0 Å². The fourth-order valence-corrected chi connectivity index (χ4v) is 10.5. The third-order valence-corrected chi connectivity index (χ3v) is 16.2. The highest BCUT2D eigenvalue weighted by atomic mass is 31.2. The molecule has 0 radical (unpaired) electrons. The summed E-state index contributed by atoms with van der Waals surface area (Å²) >= 11 is 0. The smallest absolute Gasteiger partial charge is 0.462 e. The number of aliphatic hydroxyl groups excluding tert-OH is 1. The van der Waals surface area contributed by atoms with Crippen LogP contribution in [-0.2, 0) is 65.4 Å². The third-order valence-electron chi connectivity index (χ3n) is 14.3. The SMILES string of the molecule is CCCCCCCCCCCCCC(=O)O[C@H](COC(=O)CCCCCCCCC(C)CC)COP(=O)(O)OC[C@@H](O)COP(=O)(O)OC[C@@H](COC(=O)CCCCCCCCC(C)C)OC(=O)CCCCCCCCCCCC. The molecule has 80 heavy (non-hydrogen) atoms. The van der Waals surface area contributed by atoms with Crippen LogP contribution in [0.25, 0.3) is 0 Å². The van der Waals surface area contributed by atoms with Gasteiger partial charge < -0.3 is 33.8 Å². The molecule has 0 heterocycles. The van der Waals surface area contributed by atoms with Gasteiger partial charge in [-0.1, -0.05) is 247 Å². The third kappa shape index (κ3) is 54.0. The standard InChI is InChI=1S/C61H118O17P2/c1-7-10-12-14-16-18-20-22-24-34-40-46-61(66)78-57(50-72-59(64)44-38-32-28-26-30-36-42-54(6)9-3)52-76-80(69,70)74-48-55(62)47-73-79(67,68)75-51-56(49-71-58(63)43-37-31-27-25-29-35-41-53(4)5)77-60(65)45-39-33-23-21-19-17-15-13-11-8-2/h53-57,62H,7-52H2,1-6H3,(H,67,68)(H,69,70)/t54?,55-,56+,57+/m0/s1. The highest BCUT2D eigenvalue weighted by molar-refractivity contribution is 7.47. The van der Waals surface area contributed by atoms with Gasteiger partial charge >= 0.3 is 39.5 Å². The predicted octanol–water partition coefficient (Wildman–Crippen LogP) is 16.5. The van der Waals surface area contributed by atoms with Crippen LogP contribution in [0.4, 0.5) is 0 Å². The lowest BCUT2D eigenvalue weighted by molar-refractivity contribution is -0.161. The number of phosphoric acid groups is 2. The first-order valence-electron chi connectivity index (χ1n) is 32.0. The Balaban J connectivity index is 5.24. The van der Waals surface area contributed by atoms with Gasteiger partial charge in [-0.3, -0.25) is 37.3 Å². The molecule has 0 aliphatic rings. The summed E-state index contributed by atoms with van der Waals surface area (Å²) < 4.78 is 67.8. The van der Waals surface area contributed by atoms with Gasteiger partial charge in [-0.25, -0.2) is 9.13 Å². The minimum absolute atomic E-state index is 0.105. The second-order valence-electron chi connectivity index (χ2n) is 22.8. The van der Waals surface area contributed by atoms with Gasteiger partial charge in [0.25, 0.3) is 0 Å². The Hall–Kier alpha value is -1.94. The van der Waals surface area contributed by atoms with Crippen LogP contribution in [0.5, 0.6) is 0 Å². The molecule has 0 aromatic heterocycles. The van der Waals surface area contributed by atoms with E-state index in [1.54, 1.807) is 0 Å². The quantitative estimate of drug-likeness (QED) is 0.0222. The van der Waals surface area contributed by atoms with Crippen LogP contribution in [0, 0.1) is 11.8 Å². The Kier molecular flexibility index (Phi) is 52.5. The van der Waals surface area contributed by atoms with Crippen molar-refractivity contribution >= 4 is 39.5 Å². The van der Waals surface area contributed by atoms with Crippen molar-refractivity contribution in [3.8, 4) is 0 Å². The maximum absolute atomic E-state index is 12.9. The van der Waals surface area contributed by atoms with E-state index in [0.717, 1.165) is 109 Å². The highest BCUT2D eigenvalue weighted by Crippen LogP contribution is 2.45. The monoisotopic (exact) mass is 1180 g/mol. The lowest BCUT2D eigenvalue weighted by Gasteiger charge is -2.21. The lowest BCUT2D eigenvalue weighted by atomic mass is 10.00. The summed E-state index contributed by atoms with van der Waals surface area (Å²) in [7, 11) is -9.88. The molecule has 0 aromatic rings. The molecular formula is C61H118O17P2. The van der Waals surface area contributed by atoms with E-state index in [-0.39, 0.29) is 25.7 Å². The van der Waals surface area contributed by atoms with E-state index in [4.69, 9.17) is 37.0 Å². The molecule has 6 atom stereocenters. The minimum atomic E-state index is -4.94. The average molecular weight is 1190 g/mol. The van der Waals surface area contributed by atoms with Crippen molar-refractivity contribution in [3.05, 3.63) is 0 Å². The molecular weight excluding hydrogens is 1070 g/mol. The van der Waals surface area contributed by atoms with Crippen LogP contribution in [0.3, 0.4) is 0 Å². The number of unbranched alkanes of at least 4 members (excludes halogenated alkanes) is 29. The van der Waals surface area contributed by atoms with Crippen LogP contribution >= 0.6 is 15.6 Å². The number of carbonyl (C=O) groups excluding carboxylic acids is 4. The molecule has 3 N–H and O–H groups in total. The number of phosphoric ester groups is 2. The molecule has 0 aliphatic heterocycles. The lowest BCUT2D eigenvalue weighted by Crippen LogP contribution is -2.30. The summed E-state index contributed by atoms with van der Waals surface area (Å²) in [4.78, 5) is 72.0. The molecule has 19 heteroatoms.